The van der Waals surface area contributed by atoms with Gasteiger partial charge in [-0.2, -0.15) is 0 Å². The average molecular weight is 175 g/mol. The quantitative estimate of drug-likeness (QED) is 0.589. The minimum absolute atomic E-state index is 0.206. The summed E-state index contributed by atoms with van der Waals surface area (Å²) in [6.45, 7) is 2.22. The van der Waals surface area contributed by atoms with E-state index < -0.39 is 0 Å². The van der Waals surface area contributed by atoms with Crippen LogP contribution in [0.15, 0.2) is 0 Å². The molecular weight excluding hydrogens is 160 g/mol. The summed E-state index contributed by atoms with van der Waals surface area (Å²) in [6.07, 6.45) is 4.61. The van der Waals surface area contributed by atoms with E-state index in [0.29, 0.717) is 0 Å². The average Bonchev–Trinajstić information content (AvgIpc) is 2.03. The van der Waals surface area contributed by atoms with Gasteiger partial charge < -0.3 is 0 Å². The van der Waals surface area contributed by atoms with Gasteiger partial charge in [-0.05, 0) is 18.8 Å². The maximum Gasteiger partial charge on any atom is 0.150 e. The highest BCUT2D eigenvalue weighted by atomic mass is 35.5. The number of halogens is 1. The Morgan fingerprint density at radius 1 is 1.55 bits per heavy atom. The molecule has 11 heavy (non-hydrogen) atoms. The molecule has 0 radical (unpaired) electrons. The van der Waals surface area contributed by atoms with Gasteiger partial charge in [-0.15, -0.1) is 11.6 Å². The van der Waals surface area contributed by atoms with Gasteiger partial charge in [0.25, 0.3) is 0 Å². The number of hydrogen-bond donors (Lipinski definition) is 0. The molecule has 1 saturated carbocycles. The van der Waals surface area contributed by atoms with Crippen molar-refractivity contribution in [3.63, 3.8) is 0 Å². The number of Topliss-reactive ketones (excluding diaryl/α,β-unsaturated/α-hetero) is 1. The van der Waals surface area contributed by atoms with Crippen LogP contribution in [0.5, 0.6) is 0 Å². The van der Waals surface area contributed by atoms with Gasteiger partial charge in [-0.25, -0.2) is 0 Å². The van der Waals surface area contributed by atoms with Crippen molar-refractivity contribution in [2.45, 2.75) is 32.6 Å². The van der Waals surface area contributed by atoms with Gasteiger partial charge in [0.1, 0.15) is 0 Å². The number of rotatable bonds is 2. The standard InChI is InChI=1S/C9H15ClO/c1-7-3-2-4-8(5-7)9(11)6-10/h7-8H,2-6H2,1H3. The van der Waals surface area contributed by atoms with E-state index in [9.17, 15) is 4.79 Å². The third-order valence-corrected chi connectivity index (χ3v) is 2.79. The van der Waals surface area contributed by atoms with E-state index in [-0.39, 0.29) is 17.6 Å². The third-order valence-electron chi connectivity index (χ3n) is 2.52. The second kappa shape index (κ2) is 4.10. The van der Waals surface area contributed by atoms with E-state index in [4.69, 9.17) is 11.6 Å². The topological polar surface area (TPSA) is 17.1 Å². The highest BCUT2D eigenvalue weighted by Crippen LogP contribution is 2.29. The van der Waals surface area contributed by atoms with E-state index in [1.54, 1.807) is 0 Å². The van der Waals surface area contributed by atoms with Crippen LogP contribution in [0.25, 0.3) is 0 Å². The summed E-state index contributed by atoms with van der Waals surface area (Å²) in [5.74, 6) is 1.45. The molecule has 0 bridgehead atoms. The number of alkyl halides is 1. The molecule has 2 unspecified atom stereocenters. The summed E-state index contributed by atoms with van der Waals surface area (Å²) in [5.41, 5.74) is 0. The maximum atomic E-state index is 11.2. The molecule has 1 aliphatic rings. The first-order chi connectivity index (χ1) is 5.24. The Bertz CT molecular complexity index is 144. The molecule has 0 amide bonds. The first-order valence-corrected chi connectivity index (χ1v) is 4.86. The Balaban J connectivity index is 2.39. The van der Waals surface area contributed by atoms with Gasteiger partial charge in [0, 0.05) is 5.92 Å². The van der Waals surface area contributed by atoms with Crippen LogP contribution < -0.4 is 0 Å². The molecule has 0 aromatic carbocycles. The third kappa shape index (κ3) is 2.48. The van der Waals surface area contributed by atoms with Crippen molar-refractivity contribution in [2.24, 2.45) is 11.8 Å². The lowest BCUT2D eigenvalue weighted by Gasteiger charge is -2.24. The molecule has 0 aromatic rings. The summed E-state index contributed by atoms with van der Waals surface area (Å²) < 4.78 is 0. The molecule has 0 aromatic heterocycles. The van der Waals surface area contributed by atoms with E-state index >= 15 is 0 Å². The summed E-state index contributed by atoms with van der Waals surface area (Å²) in [4.78, 5) is 11.2. The summed E-state index contributed by atoms with van der Waals surface area (Å²) in [7, 11) is 0. The molecule has 0 spiro atoms. The second-order valence-corrected chi connectivity index (χ2v) is 3.84. The summed E-state index contributed by atoms with van der Waals surface area (Å²) in [5, 5.41) is 0. The lowest BCUT2D eigenvalue weighted by atomic mass is 9.81. The molecule has 0 saturated heterocycles. The molecule has 0 aliphatic heterocycles. The van der Waals surface area contributed by atoms with Crippen molar-refractivity contribution >= 4 is 17.4 Å². The van der Waals surface area contributed by atoms with Gasteiger partial charge in [-0.1, -0.05) is 19.8 Å². The van der Waals surface area contributed by atoms with Crippen LogP contribution in [0.3, 0.4) is 0 Å². The Hall–Kier alpha value is -0.0400. The first kappa shape index (κ1) is 9.05. The van der Waals surface area contributed by atoms with Gasteiger partial charge in [0.15, 0.2) is 5.78 Å². The smallest absolute Gasteiger partial charge is 0.150 e. The lowest BCUT2D eigenvalue weighted by Crippen LogP contribution is -2.22. The fourth-order valence-corrected chi connectivity index (χ4v) is 2.05. The maximum absolute atomic E-state index is 11.2. The predicted molar refractivity (Wildman–Crippen MR) is 46.8 cm³/mol. The monoisotopic (exact) mass is 174 g/mol. The van der Waals surface area contributed by atoms with Crippen molar-refractivity contribution < 1.29 is 4.79 Å². The molecule has 1 nitrogen and oxygen atoms in total. The van der Waals surface area contributed by atoms with Crippen LogP contribution in [-0.4, -0.2) is 11.7 Å². The Labute approximate surface area is 73.1 Å². The van der Waals surface area contributed by atoms with Crippen molar-refractivity contribution in [3.05, 3.63) is 0 Å². The van der Waals surface area contributed by atoms with Gasteiger partial charge in [0.05, 0.1) is 5.88 Å². The van der Waals surface area contributed by atoms with Crippen LogP contribution in [0.2, 0.25) is 0 Å². The zero-order valence-corrected chi connectivity index (χ0v) is 7.73. The predicted octanol–water partition coefficient (Wildman–Crippen LogP) is 2.62. The number of carbonyl (C=O) groups is 1. The molecule has 64 valence electrons. The Morgan fingerprint density at radius 3 is 2.82 bits per heavy atom. The summed E-state index contributed by atoms with van der Waals surface area (Å²) in [6, 6.07) is 0. The summed E-state index contributed by atoms with van der Waals surface area (Å²) >= 11 is 5.48. The van der Waals surface area contributed by atoms with E-state index in [1.165, 1.54) is 12.8 Å². The molecule has 1 fully saturated rings. The van der Waals surface area contributed by atoms with Crippen LogP contribution in [0, 0.1) is 11.8 Å². The number of ketones is 1. The van der Waals surface area contributed by atoms with E-state index in [0.717, 1.165) is 18.8 Å². The molecule has 1 rings (SSSR count). The Kier molecular flexibility index (Phi) is 3.38. The molecule has 2 heteroatoms. The fraction of sp³-hybridized carbons (Fsp3) is 0.889. The van der Waals surface area contributed by atoms with Crippen molar-refractivity contribution in [1.82, 2.24) is 0 Å². The van der Waals surface area contributed by atoms with Gasteiger partial charge >= 0.3 is 0 Å². The van der Waals surface area contributed by atoms with Crippen LogP contribution in [0.4, 0.5) is 0 Å². The van der Waals surface area contributed by atoms with Gasteiger partial charge in [0.2, 0.25) is 0 Å². The highest BCUT2D eigenvalue weighted by Gasteiger charge is 2.23. The SMILES string of the molecule is CC1CCCC(C(=O)CCl)C1. The minimum Gasteiger partial charge on any atom is -0.298 e. The Morgan fingerprint density at radius 2 is 2.27 bits per heavy atom. The minimum atomic E-state index is 0.206. The molecule has 0 heterocycles. The fourth-order valence-electron chi connectivity index (χ4n) is 1.84. The molecule has 1 aliphatic carbocycles. The van der Waals surface area contributed by atoms with Crippen molar-refractivity contribution in [3.8, 4) is 0 Å². The largest absolute Gasteiger partial charge is 0.298 e. The molecule has 0 N–H and O–H groups in total. The van der Waals surface area contributed by atoms with Crippen LogP contribution >= 0.6 is 11.6 Å². The lowest BCUT2D eigenvalue weighted by molar-refractivity contribution is -0.121. The van der Waals surface area contributed by atoms with Crippen LogP contribution in [-0.2, 0) is 4.79 Å². The second-order valence-electron chi connectivity index (χ2n) is 3.57. The molecule has 2 atom stereocenters. The first-order valence-electron chi connectivity index (χ1n) is 4.32. The number of hydrogen-bond acceptors (Lipinski definition) is 1. The van der Waals surface area contributed by atoms with Crippen LogP contribution in [0.1, 0.15) is 32.6 Å². The van der Waals surface area contributed by atoms with Crippen molar-refractivity contribution in [1.29, 1.82) is 0 Å². The number of carbonyl (C=O) groups excluding carboxylic acids is 1. The van der Waals surface area contributed by atoms with Crippen molar-refractivity contribution in [2.75, 3.05) is 5.88 Å². The molecular formula is C9H15ClO. The zero-order valence-electron chi connectivity index (χ0n) is 6.98. The van der Waals surface area contributed by atoms with Gasteiger partial charge in [-0.3, -0.25) is 4.79 Å². The zero-order chi connectivity index (χ0) is 8.27. The van der Waals surface area contributed by atoms with E-state index in [1.807, 2.05) is 0 Å². The highest BCUT2D eigenvalue weighted by molar-refractivity contribution is 6.27. The normalized spacial score (nSPS) is 31.8. The van der Waals surface area contributed by atoms with E-state index in [2.05, 4.69) is 6.92 Å².